The van der Waals surface area contributed by atoms with Crippen LogP contribution >= 0.6 is 0 Å². The van der Waals surface area contributed by atoms with Gasteiger partial charge in [-0.25, -0.2) is 21.6 Å². The molecule has 1 saturated carbocycles. The number of nitrogens with zero attached hydrogens (tertiary/aromatic N) is 1. The van der Waals surface area contributed by atoms with Gasteiger partial charge in [-0.2, -0.15) is 26.3 Å². The number of alkyl halides is 6. The number of halogens is 9. The van der Waals surface area contributed by atoms with Crippen LogP contribution in [0.1, 0.15) is 29.5 Å². The van der Waals surface area contributed by atoms with Crippen molar-refractivity contribution in [3.8, 4) is 0 Å². The lowest BCUT2D eigenvalue weighted by atomic mass is 9.69. The van der Waals surface area contributed by atoms with Crippen LogP contribution in [0.3, 0.4) is 0 Å². The number of likely N-dealkylation sites (tertiary alicyclic amines) is 1. The van der Waals surface area contributed by atoms with Gasteiger partial charge in [0.15, 0.2) is 9.84 Å². The van der Waals surface area contributed by atoms with Gasteiger partial charge in [-0.05, 0) is 54.8 Å². The molecule has 0 bridgehead atoms. The van der Waals surface area contributed by atoms with Crippen molar-refractivity contribution in [2.24, 2.45) is 11.8 Å². The van der Waals surface area contributed by atoms with Gasteiger partial charge in [0.25, 0.3) is 5.60 Å². The van der Waals surface area contributed by atoms with E-state index >= 15 is 0 Å². The highest BCUT2D eigenvalue weighted by Gasteiger charge is 2.73. The standard InChI is InChI=1S/C31H24F9NO6S/c32-21-8-10-22(11-9-21)48(45,46)28(12-17(13-28)26(42)41-14-18(15-41)27(43)44)19-4-6-20(7-5-19)29(30(35,36)37,31(38,39)40)47-16-23-24(33)2-1-3-25(23)34/h1-11,17-18H,12-16H2,(H,43,44)/t17-,28+. The first-order valence-corrected chi connectivity index (χ1v) is 15.6. The number of hydrogen-bond donors (Lipinski definition) is 1. The predicted molar refractivity (Wildman–Crippen MR) is 147 cm³/mol. The average molecular weight is 710 g/mol. The molecule has 1 N–H and O–H groups in total. The Morgan fingerprint density at radius 1 is 0.812 bits per heavy atom. The number of carboxylic acids is 1. The molecule has 0 aromatic heterocycles. The van der Waals surface area contributed by atoms with Crippen molar-refractivity contribution >= 4 is 21.7 Å². The van der Waals surface area contributed by atoms with E-state index in [4.69, 9.17) is 5.11 Å². The van der Waals surface area contributed by atoms with Crippen molar-refractivity contribution in [3.63, 3.8) is 0 Å². The normalized spacial score (nSPS) is 20.6. The number of carboxylic acid groups (broad SMARTS) is 1. The van der Waals surface area contributed by atoms with Crippen LogP contribution in [0.15, 0.2) is 71.6 Å². The third-order valence-corrected chi connectivity index (χ3v) is 11.3. The molecule has 258 valence electrons. The smallest absolute Gasteiger partial charge is 0.430 e. The number of carbonyl (C=O) groups excluding carboxylic acids is 1. The summed E-state index contributed by atoms with van der Waals surface area (Å²) in [6.07, 6.45) is -13.4. The van der Waals surface area contributed by atoms with E-state index in [0.29, 0.717) is 36.4 Å². The van der Waals surface area contributed by atoms with Crippen LogP contribution in [-0.4, -0.2) is 55.7 Å². The van der Waals surface area contributed by atoms with Crippen LogP contribution in [0.4, 0.5) is 39.5 Å². The molecule has 1 aliphatic carbocycles. The SMILES string of the molecule is O=C(O)C1CN(C(=O)[C@H]2C[C@@](c3ccc(C(OCc4c(F)cccc4F)(C(F)(F)F)C(F)(F)F)cc3)(S(=O)(=O)c3ccc(F)cc3)C2)C1. The first kappa shape index (κ1) is 35.2. The first-order chi connectivity index (χ1) is 22.2. The maximum atomic E-state index is 14.4. The van der Waals surface area contributed by atoms with Gasteiger partial charge in [0.2, 0.25) is 5.91 Å². The zero-order chi connectivity index (χ0) is 35.4. The van der Waals surface area contributed by atoms with Gasteiger partial charge >= 0.3 is 18.3 Å². The van der Waals surface area contributed by atoms with Crippen molar-refractivity contribution < 1.29 is 67.4 Å². The molecule has 17 heteroatoms. The molecule has 2 aliphatic rings. The molecule has 3 aromatic carbocycles. The summed E-state index contributed by atoms with van der Waals surface area (Å²) in [5.74, 6) is -7.27. The van der Waals surface area contributed by atoms with Crippen LogP contribution in [-0.2, 0) is 41.1 Å². The summed E-state index contributed by atoms with van der Waals surface area (Å²) < 4.78 is 159. The van der Waals surface area contributed by atoms with Crippen LogP contribution in [0.2, 0.25) is 0 Å². The second-order valence-electron chi connectivity index (χ2n) is 11.6. The predicted octanol–water partition coefficient (Wildman–Crippen LogP) is 6.26. The molecule has 0 spiro atoms. The van der Waals surface area contributed by atoms with Crippen molar-refractivity contribution in [2.75, 3.05) is 13.1 Å². The average Bonchev–Trinajstić information content (AvgIpc) is 2.92. The van der Waals surface area contributed by atoms with Gasteiger partial charge in [0.05, 0.1) is 17.4 Å². The van der Waals surface area contributed by atoms with Crippen molar-refractivity contribution in [3.05, 3.63) is 101 Å². The molecule has 1 saturated heterocycles. The van der Waals surface area contributed by atoms with E-state index in [1.54, 1.807) is 0 Å². The molecular formula is C31H24F9NO6S. The topological polar surface area (TPSA) is 101 Å². The Hall–Kier alpha value is -4.12. The molecule has 2 fully saturated rings. The molecule has 48 heavy (non-hydrogen) atoms. The summed E-state index contributed by atoms with van der Waals surface area (Å²) in [4.78, 5) is 24.9. The third-order valence-electron chi connectivity index (χ3n) is 8.79. The number of aliphatic carboxylic acids is 1. The number of ether oxygens (including phenoxy) is 1. The number of benzene rings is 3. The number of rotatable bonds is 9. The summed E-state index contributed by atoms with van der Waals surface area (Å²) in [6, 6.07) is 7.61. The summed E-state index contributed by atoms with van der Waals surface area (Å²) >= 11 is 0. The highest BCUT2D eigenvalue weighted by atomic mass is 32.2. The molecule has 7 nitrogen and oxygen atoms in total. The minimum absolute atomic E-state index is 0.134. The number of hydrogen-bond acceptors (Lipinski definition) is 5. The van der Waals surface area contributed by atoms with E-state index in [2.05, 4.69) is 4.74 Å². The number of amides is 1. The summed E-state index contributed by atoms with van der Waals surface area (Å²) in [6.45, 7) is -2.05. The summed E-state index contributed by atoms with van der Waals surface area (Å²) in [5, 5.41) is 9.10. The van der Waals surface area contributed by atoms with E-state index in [1.807, 2.05) is 0 Å². The molecule has 1 aliphatic heterocycles. The fraction of sp³-hybridized carbons (Fsp3) is 0.355. The monoisotopic (exact) mass is 709 g/mol. The van der Waals surface area contributed by atoms with Crippen LogP contribution in [0, 0.1) is 29.3 Å². The van der Waals surface area contributed by atoms with E-state index < -0.39 is 109 Å². The lowest BCUT2D eigenvalue weighted by Crippen LogP contribution is -2.59. The Balaban J connectivity index is 1.54. The Bertz CT molecular complexity index is 1780. The Morgan fingerprint density at radius 3 is 1.81 bits per heavy atom. The van der Waals surface area contributed by atoms with Gasteiger partial charge in [-0.15, -0.1) is 0 Å². The Labute approximate surface area is 266 Å². The molecule has 3 aromatic rings. The van der Waals surface area contributed by atoms with E-state index in [9.17, 15) is 57.5 Å². The van der Waals surface area contributed by atoms with Crippen LogP contribution in [0.25, 0.3) is 0 Å². The first-order valence-electron chi connectivity index (χ1n) is 14.1. The molecule has 0 unspecified atom stereocenters. The zero-order valence-electron chi connectivity index (χ0n) is 24.3. The van der Waals surface area contributed by atoms with E-state index in [1.165, 1.54) is 4.90 Å². The largest absolute Gasteiger partial charge is 0.481 e. The van der Waals surface area contributed by atoms with Crippen LogP contribution < -0.4 is 0 Å². The van der Waals surface area contributed by atoms with Crippen molar-refractivity contribution in [2.45, 2.75) is 47.0 Å². The Kier molecular flexibility index (Phi) is 8.86. The second-order valence-corrected chi connectivity index (χ2v) is 13.8. The molecule has 5 rings (SSSR count). The second kappa shape index (κ2) is 12.1. The highest BCUT2D eigenvalue weighted by molar-refractivity contribution is 7.92. The van der Waals surface area contributed by atoms with E-state index in [-0.39, 0.29) is 18.7 Å². The van der Waals surface area contributed by atoms with Gasteiger partial charge < -0.3 is 14.7 Å². The third kappa shape index (κ3) is 5.69. The fourth-order valence-corrected chi connectivity index (χ4v) is 8.26. The lowest BCUT2D eigenvalue weighted by molar-refractivity contribution is -0.392. The Morgan fingerprint density at radius 2 is 1.33 bits per heavy atom. The summed E-state index contributed by atoms with van der Waals surface area (Å²) in [7, 11) is -4.59. The molecule has 1 heterocycles. The minimum Gasteiger partial charge on any atom is -0.481 e. The molecular weight excluding hydrogens is 685 g/mol. The summed E-state index contributed by atoms with van der Waals surface area (Å²) in [5.41, 5.74) is -8.19. The van der Waals surface area contributed by atoms with Gasteiger partial charge in [0.1, 0.15) is 22.2 Å². The van der Waals surface area contributed by atoms with Crippen molar-refractivity contribution in [1.29, 1.82) is 0 Å². The van der Waals surface area contributed by atoms with Gasteiger partial charge in [-0.3, -0.25) is 9.59 Å². The highest BCUT2D eigenvalue weighted by Crippen LogP contribution is 2.57. The molecule has 0 atom stereocenters. The molecule has 1 amide bonds. The van der Waals surface area contributed by atoms with Gasteiger partial charge in [0, 0.05) is 30.1 Å². The number of sulfone groups is 1. The molecule has 0 radical (unpaired) electrons. The van der Waals surface area contributed by atoms with Crippen molar-refractivity contribution in [1.82, 2.24) is 4.90 Å². The minimum atomic E-state index is -6.24. The quantitative estimate of drug-likeness (QED) is 0.208. The zero-order valence-corrected chi connectivity index (χ0v) is 25.1. The maximum Gasteiger partial charge on any atom is 0.430 e. The maximum absolute atomic E-state index is 14.4. The lowest BCUT2D eigenvalue weighted by Gasteiger charge is -2.49. The van der Waals surface area contributed by atoms with Crippen LogP contribution in [0.5, 0.6) is 0 Å². The fourth-order valence-electron chi connectivity index (χ4n) is 6.03. The number of carbonyl (C=O) groups is 2. The van der Waals surface area contributed by atoms with Gasteiger partial charge in [-0.1, -0.05) is 30.3 Å². The van der Waals surface area contributed by atoms with E-state index in [0.717, 1.165) is 30.3 Å².